The Kier molecular flexibility index (Phi) is 7.28. The maximum atomic E-state index is 12.0. The molecule has 18 heavy (non-hydrogen) atoms. The van der Waals surface area contributed by atoms with E-state index >= 15 is 0 Å². The summed E-state index contributed by atoms with van der Waals surface area (Å²) in [6.45, 7) is 2.68. The van der Waals surface area contributed by atoms with Crippen LogP contribution in [0.1, 0.15) is 51.9 Å². The average molecular weight is 256 g/mol. The van der Waals surface area contributed by atoms with E-state index in [4.69, 9.17) is 10.5 Å². The van der Waals surface area contributed by atoms with Gasteiger partial charge < -0.3 is 15.8 Å². The molecule has 1 saturated carbocycles. The Balaban J connectivity index is 2.38. The van der Waals surface area contributed by atoms with E-state index < -0.39 is 6.04 Å². The Morgan fingerprint density at radius 1 is 1.39 bits per heavy atom. The fraction of sp³-hybridized carbons (Fsp3) is 0.929. The van der Waals surface area contributed by atoms with E-state index in [0.29, 0.717) is 25.0 Å². The van der Waals surface area contributed by atoms with Gasteiger partial charge in [0, 0.05) is 19.8 Å². The second-order valence-electron chi connectivity index (χ2n) is 5.31. The van der Waals surface area contributed by atoms with Crippen molar-refractivity contribution in [3.8, 4) is 0 Å². The van der Waals surface area contributed by atoms with Crippen LogP contribution in [-0.2, 0) is 9.53 Å². The Morgan fingerprint density at radius 3 is 2.61 bits per heavy atom. The minimum atomic E-state index is -0.442. The van der Waals surface area contributed by atoms with Gasteiger partial charge in [0.25, 0.3) is 0 Å². The predicted octanol–water partition coefficient (Wildman–Crippen LogP) is 1.83. The molecule has 1 fully saturated rings. The molecule has 4 nitrogen and oxygen atoms in total. The maximum absolute atomic E-state index is 12.0. The lowest BCUT2D eigenvalue weighted by Crippen LogP contribution is -2.48. The highest BCUT2D eigenvalue weighted by molar-refractivity contribution is 5.81. The number of hydrogen-bond acceptors (Lipinski definition) is 3. The average Bonchev–Trinajstić information content (AvgIpc) is 2.42. The SMILES string of the molecule is CCC(NC(=O)C(N)CCOC)C1CCCCC1. The minimum absolute atomic E-state index is 0.0236. The third kappa shape index (κ3) is 4.94. The first kappa shape index (κ1) is 15.4. The fourth-order valence-corrected chi connectivity index (χ4v) is 2.76. The summed E-state index contributed by atoms with van der Waals surface area (Å²) in [7, 11) is 1.63. The second-order valence-corrected chi connectivity index (χ2v) is 5.31. The van der Waals surface area contributed by atoms with E-state index in [1.54, 1.807) is 7.11 Å². The third-order valence-electron chi connectivity index (χ3n) is 3.96. The molecule has 2 unspecified atom stereocenters. The molecule has 1 aliphatic rings. The summed E-state index contributed by atoms with van der Waals surface area (Å²) >= 11 is 0. The van der Waals surface area contributed by atoms with Crippen molar-refractivity contribution in [2.24, 2.45) is 11.7 Å². The Labute approximate surface area is 111 Å². The van der Waals surface area contributed by atoms with E-state index in [1.807, 2.05) is 0 Å². The molecular weight excluding hydrogens is 228 g/mol. The molecule has 0 heterocycles. The van der Waals surface area contributed by atoms with Crippen LogP contribution in [0.3, 0.4) is 0 Å². The summed E-state index contributed by atoms with van der Waals surface area (Å²) in [6, 6.07) is -0.144. The summed E-state index contributed by atoms with van der Waals surface area (Å²) in [5.74, 6) is 0.617. The van der Waals surface area contributed by atoms with Crippen molar-refractivity contribution in [3.05, 3.63) is 0 Å². The number of hydrogen-bond donors (Lipinski definition) is 2. The molecule has 0 aliphatic heterocycles. The van der Waals surface area contributed by atoms with Gasteiger partial charge in [0.15, 0.2) is 0 Å². The molecule has 106 valence electrons. The zero-order valence-corrected chi connectivity index (χ0v) is 11.8. The number of rotatable bonds is 7. The van der Waals surface area contributed by atoms with Crippen LogP contribution in [0, 0.1) is 5.92 Å². The van der Waals surface area contributed by atoms with Crippen LogP contribution in [-0.4, -0.2) is 31.7 Å². The number of nitrogens with one attached hydrogen (secondary N) is 1. The van der Waals surface area contributed by atoms with Crippen molar-refractivity contribution in [1.29, 1.82) is 0 Å². The molecule has 0 aromatic heterocycles. The van der Waals surface area contributed by atoms with Crippen molar-refractivity contribution < 1.29 is 9.53 Å². The molecule has 1 rings (SSSR count). The third-order valence-corrected chi connectivity index (χ3v) is 3.96. The van der Waals surface area contributed by atoms with E-state index in [1.165, 1.54) is 32.1 Å². The molecule has 0 aromatic carbocycles. The van der Waals surface area contributed by atoms with Crippen molar-refractivity contribution in [1.82, 2.24) is 5.32 Å². The van der Waals surface area contributed by atoms with E-state index in [2.05, 4.69) is 12.2 Å². The zero-order valence-electron chi connectivity index (χ0n) is 11.8. The Hall–Kier alpha value is -0.610. The number of carbonyl (C=O) groups is 1. The first-order valence-electron chi connectivity index (χ1n) is 7.24. The molecule has 4 heteroatoms. The van der Waals surface area contributed by atoms with E-state index in [-0.39, 0.29) is 5.91 Å². The van der Waals surface area contributed by atoms with Gasteiger partial charge in [-0.1, -0.05) is 26.2 Å². The summed E-state index contributed by atoms with van der Waals surface area (Å²) in [4.78, 5) is 12.0. The van der Waals surface area contributed by atoms with Crippen LogP contribution in [0.5, 0.6) is 0 Å². The monoisotopic (exact) mass is 256 g/mol. The smallest absolute Gasteiger partial charge is 0.237 e. The second kappa shape index (κ2) is 8.48. The highest BCUT2D eigenvalue weighted by Crippen LogP contribution is 2.27. The molecule has 2 atom stereocenters. The molecule has 1 aliphatic carbocycles. The Bertz CT molecular complexity index is 240. The summed E-state index contributed by atoms with van der Waals surface area (Å²) in [6.07, 6.45) is 8.00. The molecule has 0 spiro atoms. The van der Waals surface area contributed by atoms with Gasteiger partial charge in [-0.2, -0.15) is 0 Å². The zero-order chi connectivity index (χ0) is 13.4. The fourth-order valence-electron chi connectivity index (χ4n) is 2.76. The largest absolute Gasteiger partial charge is 0.385 e. The molecule has 0 saturated heterocycles. The van der Waals surface area contributed by atoms with Gasteiger partial charge in [0.05, 0.1) is 6.04 Å². The Morgan fingerprint density at radius 2 is 2.06 bits per heavy atom. The van der Waals surface area contributed by atoms with Crippen LogP contribution in [0.15, 0.2) is 0 Å². The molecule has 1 amide bonds. The highest BCUT2D eigenvalue weighted by Gasteiger charge is 2.25. The molecule has 0 aromatic rings. The molecule has 3 N–H and O–H groups in total. The van der Waals surface area contributed by atoms with Crippen LogP contribution in [0.4, 0.5) is 0 Å². The molecule has 0 radical (unpaired) electrons. The number of nitrogens with two attached hydrogens (primary N) is 1. The van der Waals surface area contributed by atoms with Gasteiger partial charge in [0.1, 0.15) is 0 Å². The van der Waals surface area contributed by atoms with Gasteiger partial charge >= 0.3 is 0 Å². The van der Waals surface area contributed by atoms with Crippen LogP contribution in [0.2, 0.25) is 0 Å². The van der Waals surface area contributed by atoms with Crippen LogP contribution >= 0.6 is 0 Å². The lowest BCUT2D eigenvalue weighted by Gasteiger charge is -2.31. The minimum Gasteiger partial charge on any atom is -0.385 e. The van der Waals surface area contributed by atoms with Gasteiger partial charge in [0.2, 0.25) is 5.91 Å². The van der Waals surface area contributed by atoms with Crippen LogP contribution in [0.25, 0.3) is 0 Å². The van der Waals surface area contributed by atoms with Crippen molar-refractivity contribution in [3.63, 3.8) is 0 Å². The van der Waals surface area contributed by atoms with Gasteiger partial charge in [-0.05, 0) is 31.6 Å². The first-order valence-corrected chi connectivity index (χ1v) is 7.24. The van der Waals surface area contributed by atoms with Gasteiger partial charge in [-0.25, -0.2) is 0 Å². The van der Waals surface area contributed by atoms with Gasteiger partial charge in [-0.15, -0.1) is 0 Å². The summed E-state index contributed by atoms with van der Waals surface area (Å²) < 4.78 is 4.95. The predicted molar refractivity (Wildman–Crippen MR) is 73.3 cm³/mol. The normalized spacial score (nSPS) is 20.4. The number of carbonyl (C=O) groups excluding carboxylic acids is 1. The number of amides is 1. The van der Waals surface area contributed by atoms with Crippen molar-refractivity contribution >= 4 is 5.91 Å². The van der Waals surface area contributed by atoms with Crippen molar-refractivity contribution in [2.75, 3.05) is 13.7 Å². The van der Waals surface area contributed by atoms with Crippen molar-refractivity contribution in [2.45, 2.75) is 64.0 Å². The van der Waals surface area contributed by atoms with Crippen LogP contribution < -0.4 is 11.1 Å². The highest BCUT2D eigenvalue weighted by atomic mass is 16.5. The van der Waals surface area contributed by atoms with E-state index in [0.717, 1.165) is 6.42 Å². The maximum Gasteiger partial charge on any atom is 0.237 e. The topological polar surface area (TPSA) is 64.4 Å². The standard InChI is InChI=1S/C14H28N2O2/c1-3-13(11-7-5-4-6-8-11)16-14(17)12(15)9-10-18-2/h11-13H,3-10,15H2,1-2H3,(H,16,17). The number of methoxy groups -OCH3 is 1. The molecular formula is C14H28N2O2. The lowest BCUT2D eigenvalue weighted by atomic mass is 9.83. The van der Waals surface area contributed by atoms with E-state index in [9.17, 15) is 4.79 Å². The quantitative estimate of drug-likeness (QED) is 0.730. The summed E-state index contributed by atoms with van der Waals surface area (Å²) in [5.41, 5.74) is 5.84. The summed E-state index contributed by atoms with van der Waals surface area (Å²) in [5, 5.41) is 3.13. The van der Waals surface area contributed by atoms with Gasteiger partial charge in [-0.3, -0.25) is 4.79 Å². The first-order chi connectivity index (χ1) is 8.69. The number of ether oxygens (including phenoxy) is 1. The lowest BCUT2D eigenvalue weighted by molar-refractivity contribution is -0.124. The molecule has 0 bridgehead atoms.